The molecule has 0 heterocycles. The second-order valence-electron chi connectivity index (χ2n) is 3.55. The zero-order chi connectivity index (χ0) is 10.3. The largest absolute Gasteiger partial charge is 0.481 e. The molecule has 0 aromatic rings. The van der Waals surface area contributed by atoms with Crippen molar-refractivity contribution >= 4 is 5.97 Å². The van der Waals surface area contributed by atoms with Gasteiger partial charge in [0, 0.05) is 0 Å². The van der Waals surface area contributed by atoms with Crippen LogP contribution in [0, 0.1) is 23.2 Å². The summed E-state index contributed by atoms with van der Waals surface area (Å²) < 4.78 is 0. The molecule has 0 fully saturated rings. The van der Waals surface area contributed by atoms with Crippen molar-refractivity contribution in [3.63, 3.8) is 0 Å². The summed E-state index contributed by atoms with van der Waals surface area (Å²) >= 11 is 0. The van der Waals surface area contributed by atoms with Gasteiger partial charge in [0.25, 0.3) is 0 Å². The molecule has 0 rings (SSSR count). The van der Waals surface area contributed by atoms with Gasteiger partial charge >= 0.3 is 5.97 Å². The lowest BCUT2D eigenvalue weighted by Gasteiger charge is -2.12. The van der Waals surface area contributed by atoms with E-state index in [1.54, 1.807) is 0 Å². The highest BCUT2D eigenvalue weighted by Gasteiger charge is 2.15. The fourth-order valence-corrected chi connectivity index (χ4v) is 1.49. The summed E-state index contributed by atoms with van der Waals surface area (Å²) in [4.78, 5) is 10.4. The molecule has 0 radical (unpaired) electrons. The number of hydrogen-bond donors (Lipinski definition) is 1. The molecule has 0 saturated carbocycles. The van der Waals surface area contributed by atoms with Gasteiger partial charge in [-0.2, -0.15) is 5.26 Å². The lowest BCUT2D eigenvalue weighted by molar-refractivity contribution is -0.137. The molecule has 1 N–H and O–H groups in total. The Labute approximate surface area is 79.4 Å². The van der Waals surface area contributed by atoms with Crippen molar-refractivity contribution in [2.45, 2.75) is 39.5 Å². The predicted molar refractivity (Wildman–Crippen MR) is 50.0 cm³/mol. The van der Waals surface area contributed by atoms with Crippen LogP contribution in [0.25, 0.3) is 0 Å². The number of nitriles is 1. The second-order valence-corrected chi connectivity index (χ2v) is 3.55. The predicted octanol–water partition coefficient (Wildman–Crippen LogP) is 2.43. The molecule has 0 aliphatic heterocycles. The smallest absolute Gasteiger partial charge is 0.304 e. The molecule has 2 atom stereocenters. The number of carbonyl (C=O) groups is 1. The molecule has 0 aromatic heterocycles. The maximum absolute atomic E-state index is 10.4. The Morgan fingerprint density at radius 3 is 2.62 bits per heavy atom. The molecule has 3 heteroatoms. The zero-order valence-electron chi connectivity index (χ0n) is 8.29. The minimum absolute atomic E-state index is 0.0233. The van der Waals surface area contributed by atoms with Crippen LogP contribution in [0.1, 0.15) is 39.5 Å². The molecule has 0 amide bonds. The number of nitrogens with zero attached hydrogens (tertiary/aromatic N) is 1. The second kappa shape index (κ2) is 6.47. The number of carboxylic acid groups (broad SMARTS) is 1. The highest BCUT2D eigenvalue weighted by Crippen LogP contribution is 2.18. The summed E-state index contributed by atoms with van der Waals surface area (Å²) in [7, 11) is 0. The molecule has 0 aliphatic rings. The molecule has 74 valence electrons. The summed E-state index contributed by atoms with van der Waals surface area (Å²) in [6.45, 7) is 4.16. The number of aliphatic carboxylic acids is 1. The van der Waals surface area contributed by atoms with E-state index in [0.717, 1.165) is 12.8 Å². The Bertz CT molecular complexity index is 196. The van der Waals surface area contributed by atoms with Crippen molar-refractivity contribution in [3.8, 4) is 6.07 Å². The first-order valence-electron chi connectivity index (χ1n) is 4.71. The van der Waals surface area contributed by atoms with Gasteiger partial charge in [-0.05, 0) is 12.3 Å². The molecule has 0 aliphatic carbocycles. The normalized spacial score (nSPS) is 14.5. The zero-order valence-corrected chi connectivity index (χ0v) is 8.29. The van der Waals surface area contributed by atoms with Crippen LogP contribution >= 0.6 is 0 Å². The quantitative estimate of drug-likeness (QED) is 0.687. The first kappa shape index (κ1) is 12.0. The first-order chi connectivity index (χ1) is 6.10. The molecule has 0 aromatic carbocycles. The van der Waals surface area contributed by atoms with Gasteiger partial charge in [0.15, 0.2) is 0 Å². The van der Waals surface area contributed by atoms with Crippen molar-refractivity contribution in [2.24, 2.45) is 11.8 Å². The van der Waals surface area contributed by atoms with E-state index in [-0.39, 0.29) is 12.3 Å². The maximum Gasteiger partial charge on any atom is 0.304 e. The van der Waals surface area contributed by atoms with E-state index in [4.69, 9.17) is 10.4 Å². The Hall–Kier alpha value is -1.04. The van der Waals surface area contributed by atoms with Crippen molar-refractivity contribution in [2.75, 3.05) is 0 Å². The summed E-state index contributed by atoms with van der Waals surface area (Å²) in [5, 5.41) is 17.2. The van der Waals surface area contributed by atoms with E-state index in [1.807, 2.05) is 6.07 Å². The Kier molecular flexibility index (Phi) is 5.96. The van der Waals surface area contributed by atoms with E-state index < -0.39 is 5.97 Å². The monoisotopic (exact) mass is 183 g/mol. The molecular weight excluding hydrogens is 166 g/mol. The van der Waals surface area contributed by atoms with E-state index in [2.05, 4.69) is 13.8 Å². The summed E-state index contributed by atoms with van der Waals surface area (Å²) in [5.41, 5.74) is 0. The molecular formula is C10H17NO2. The van der Waals surface area contributed by atoms with Crippen LogP contribution in [0.5, 0.6) is 0 Å². The van der Waals surface area contributed by atoms with Gasteiger partial charge in [-0.3, -0.25) is 4.79 Å². The van der Waals surface area contributed by atoms with Crippen LogP contribution < -0.4 is 0 Å². The lowest BCUT2D eigenvalue weighted by Crippen LogP contribution is -2.09. The first-order valence-corrected chi connectivity index (χ1v) is 4.71. The van der Waals surface area contributed by atoms with Gasteiger partial charge in [0.05, 0.1) is 18.4 Å². The van der Waals surface area contributed by atoms with E-state index in [1.165, 1.54) is 0 Å². The molecule has 0 saturated heterocycles. The average molecular weight is 183 g/mol. The van der Waals surface area contributed by atoms with Gasteiger partial charge in [-0.25, -0.2) is 0 Å². The molecule has 13 heavy (non-hydrogen) atoms. The van der Waals surface area contributed by atoms with E-state index >= 15 is 0 Å². The van der Waals surface area contributed by atoms with Crippen LogP contribution in [0.2, 0.25) is 0 Å². The Morgan fingerprint density at radius 2 is 2.23 bits per heavy atom. The number of carboxylic acids is 1. The van der Waals surface area contributed by atoms with Gasteiger partial charge in [-0.15, -0.1) is 0 Å². The van der Waals surface area contributed by atoms with E-state index in [0.29, 0.717) is 12.3 Å². The standard InChI is InChI=1S/C10H17NO2/c1-3-4-8(2)5-9(7-11)6-10(12)13/h8-9H,3-6H2,1-2H3,(H,12,13). The fraction of sp³-hybridized carbons (Fsp3) is 0.800. The highest BCUT2D eigenvalue weighted by atomic mass is 16.4. The molecule has 0 bridgehead atoms. The van der Waals surface area contributed by atoms with Crippen LogP contribution in [0.4, 0.5) is 0 Å². The number of rotatable bonds is 6. The average Bonchev–Trinajstić information content (AvgIpc) is 2.02. The van der Waals surface area contributed by atoms with Crippen LogP contribution in [0.3, 0.4) is 0 Å². The SMILES string of the molecule is CCCC(C)CC(C#N)CC(=O)O. The molecule has 2 unspecified atom stereocenters. The third-order valence-electron chi connectivity index (χ3n) is 2.07. The minimum atomic E-state index is -0.879. The Morgan fingerprint density at radius 1 is 1.62 bits per heavy atom. The number of hydrogen-bond acceptors (Lipinski definition) is 2. The van der Waals surface area contributed by atoms with Gasteiger partial charge in [-0.1, -0.05) is 26.7 Å². The van der Waals surface area contributed by atoms with Crippen molar-refractivity contribution in [3.05, 3.63) is 0 Å². The van der Waals surface area contributed by atoms with Gasteiger partial charge in [0.2, 0.25) is 0 Å². The maximum atomic E-state index is 10.4. The molecule has 3 nitrogen and oxygen atoms in total. The van der Waals surface area contributed by atoms with Crippen LogP contribution in [-0.2, 0) is 4.79 Å². The summed E-state index contributed by atoms with van der Waals surface area (Å²) in [6.07, 6.45) is 2.84. The third-order valence-corrected chi connectivity index (χ3v) is 2.07. The van der Waals surface area contributed by atoms with Crippen molar-refractivity contribution < 1.29 is 9.90 Å². The fourth-order valence-electron chi connectivity index (χ4n) is 1.49. The highest BCUT2D eigenvalue weighted by molar-refractivity contribution is 5.67. The van der Waals surface area contributed by atoms with Crippen LogP contribution in [0.15, 0.2) is 0 Å². The topological polar surface area (TPSA) is 61.1 Å². The van der Waals surface area contributed by atoms with Gasteiger partial charge in [0.1, 0.15) is 0 Å². The van der Waals surface area contributed by atoms with Crippen molar-refractivity contribution in [1.29, 1.82) is 5.26 Å². The summed E-state index contributed by atoms with van der Waals surface area (Å²) in [6, 6.07) is 2.04. The van der Waals surface area contributed by atoms with Crippen molar-refractivity contribution in [1.82, 2.24) is 0 Å². The Balaban J connectivity index is 3.84. The van der Waals surface area contributed by atoms with Gasteiger partial charge < -0.3 is 5.11 Å². The molecule has 0 spiro atoms. The lowest BCUT2D eigenvalue weighted by atomic mass is 9.91. The van der Waals surface area contributed by atoms with E-state index in [9.17, 15) is 4.79 Å². The third kappa shape index (κ3) is 6.15. The van der Waals surface area contributed by atoms with Crippen LogP contribution in [-0.4, -0.2) is 11.1 Å². The summed E-state index contributed by atoms with van der Waals surface area (Å²) in [5.74, 6) is -0.747. The minimum Gasteiger partial charge on any atom is -0.481 e.